The van der Waals surface area contributed by atoms with Crippen LogP contribution in [0.1, 0.15) is 30.9 Å². The highest BCUT2D eigenvalue weighted by atomic mass is 19.1. The van der Waals surface area contributed by atoms with Crippen LogP contribution >= 0.6 is 0 Å². The quantitative estimate of drug-likeness (QED) is 0.784. The zero-order chi connectivity index (χ0) is 22.8. The van der Waals surface area contributed by atoms with Crippen molar-refractivity contribution < 1.29 is 23.4 Å². The number of rotatable bonds is 4. The molecule has 4 rings (SSSR count). The fourth-order valence-electron chi connectivity index (χ4n) is 4.29. The van der Waals surface area contributed by atoms with Crippen LogP contribution in [0.25, 0.3) is 0 Å². The molecule has 168 valence electrons. The van der Waals surface area contributed by atoms with Crippen LogP contribution in [0.5, 0.6) is 0 Å². The minimum Gasteiger partial charge on any atom is -0.507 e. The number of aliphatic hydroxyl groups excluding tert-OH is 1. The molecule has 2 aromatic rings. The Kier molecular flexibility index (Phi) is 6.23. The Labute approximate surface area is 185 Å². The van der Waals surface area contributed by atoms with E-state index >= 15 is 0 Å². The van der Waals surface area contributed by atoms with E-state index in [1.165, 1.54) is 35.5 Å². The lowest BCUT2D eigenvalue weighted by Gasteiger charge is -2.46. The number of ether oxygens (including phenoxy) is 1. The van der Waals surface area contributed by atoms with Gasteiger partial charge in [0.2, 0.25) is 0 Å². The van der Waals surface area contributed by atoms with Gasteiger partial charge in [0, 0.05) is 18.5 Å². The summed E-state index contributed by atoms with van der Waals surface area (Å²) in [4.78, 5) is 14.9. The number of hydrogen-bond acceptors (Lipinski definition) is 5. The Bertz CT molecular complexity index is 1020. The van der Waals surface area contributed by atoms with Gasteiger partial charge < -0.3 is 14.7 Å². The van der Waals surface area contributed by atoms with Crippen molar-refractivity contribution in [3.05, 3.63) is 82.7 Å². The predicted octanol–water partition coefficient (Wildman–Crippen LogP) is 3.80. The van der Waals surface area contributed by atoms with Crippen LogP contribution in [0.2, 0.25) is 0 Å². The molecule has 2 heterocycles. The summed E-state index contributed by atoms with van der Waals surface area (Å²) in [5, 5.41) is 16.6. The van der Waals surface area contributed by atoms with Crippen molar-refractivity contribution in [2.45, 2.75) is 31.8 Å². The van der Waals surface area contributed by atoms with Gasteiger partial charge in [0.05, 0.1) is 18.9 Å². The molecule has 0 aliphatic carbocycles. The monoisotopic (exact) mass is 441 g/mol. The third-order valence-electron chi connectivity index (χ3n) is 5.72. The average molecular weight is 441 g/mol. The standard InChI is InChI=1S/C24H25F2N3O3/c1-15(2)28-13-20(29-23(24(28)31)21(30)14-32-10-9-27-29)22(16-5-3-7-18(25)11-16)17-6-4-8-19(26)12-17/h3-9,11-12,15,20,22,30H,10,13-14H2,1-2H3/b23-21+,27-9-. The second-order valence-corrected chi connectivity index (χ2v) is 8.16. The zero-order valence-electron chi connectivity index (χ0n) is 17.9. The van der Waals surface area contributed by atoms with Crippen LogP contribution in [0, 0.1) is 11.6 Å². The SMILES string of the molecule is CC(C)N1CC(C(c2cccc(F)c2)c2cccc(F)c2)N2/N=C\COC/C(O)=C\2C1=O. The maximum Gasteiger partial charge on any atom is 0.275 e. The number of nitrogens with zero attached hydrogens (tertiary/aromatic N) is 3. The molecule has 2 aliphatic heterocycles. The molecule has 0 bridgehead atoms. The molecule has 1 amide bonds. The summed E-state index contributed by atoms with van der Waals surface area (Å²) in [6.45, 7) is 4.04. The van der Waals surface area contributed by atoms with Gasteiger partial charge in [0.25, 0.3) is 5.91 Å². The molecule has 0 radical (unpaired) electrons. The Balaban J connectivity index is 1.92. The van der Waals surface area contributed by atoms with E-state index < -0.39 is 23.6 Å². The summed E-state index contributed by atoms with van der Waals surface area (Å²) in [5.74, 6) is -1.96. The smallest absolute Gasteiger partial charge is 0.275 e. The van der Waals surface area contributed by atoms with E-state index in [9.17, 15) is 18.7 Å². The first-order valence-corrected chi connectivity index (χ1v) is 10.5. The van der Waals surface area contributed by atoms with Crippen LogP contribution in [0.15, 0.2) is 65.1 Å². The lowest BCUT2D eigenvalue weighted by molar-refractivity contribution is -0.136. The summed E-state index contributed by atoms with van der Waals surface area (Å²) in [6.07, 6.45) is 1.52. The topological polar surface area (TPSA) is 65.4 Å². The van der Waals surface area contributed by atoms with E-state index in [0.29, 0.717) is 11.1 Å². The first-order valence-electron chi connectivity index (χ1n) is 10.5. The molecule has 0 aromatic heterocycles. The summed E-state index contributed by atoms with van der Waals surface area (Å²) in [7, 11) is 0. The third kappa shape index (κ3) is 4.23. The van der Waals surface area contributed by atoms with Crippen LogP contribution in [-0.4, -0.2) is 59.0 Å². The number of hydrazone groups is 1. The number of hydrogen-bond donors (Lipinski definition) is 1. The second-order valence-electron chi connectivity index (χ2n) is 8.16. The Morgan fingerprint density at radius 1 is 1.09 bits per heavy atom. The fraction of sp³-hybridized carbons (Fsp3) is 0.333. The van der Waals surface area contributed by atoms with Gasteiger partial charge in [-0.05, 0) is 49.2 Å². The van der Waals surface area contributed by atoms with Crippen molar-refractivity contribution in [2.24, 2.45) is 5.10 Å². The lowest BCUT2D eigenvalue weighted by Crippen LogP contribution is -2.57. The van der Waals surface area contributed by atoms with Crippen LogP contribution in [0.4, 0.5) is 8.78 Å². The molecule has 32 heavy (non-hydrogen) atoms. The molecule has 1 saturated heterocycles. The van der Waals surface area contributed by atoms with Gasteiger partial charge in [0.1, 0.15) is 24.0 Å². The minimum absolute atomic E-state index is 0.0173. The number of piperazine rings is 1. The lowest BCUT2D eigenvalue weighted by atomic mass is 9.83. The summed E-state index contributed by atoms with van der Waals surface area (Å²) >= 11 is 0. The predicted molar refractivity (Wildman–Crippen MR) is 116 cm³/mol. The Hall–Kier alpha value is -3.26. The number of carbonyl (C=O) groups excluding carboxylic acids is 1. The van der Waals surface area contributed by atoms with Gasteiger partial charge in [-0.1, -0.05) is 24.3 Å². The van der Waals surface area contributed by atoms with E-state index in [0.717, 1.165) is 0 Å². The first kappa shape index (κ1) is 22.0. The molecule has 1 atom stereocenters. The number of amides is 1. The van der Waals surface area contributed by atoms with Crippen LogP contribution < -0.4 is 0 Å². The molecular formula is C24H25F2N3O3. The summed E-state index contributed by atoms with van der Waals surface area (Å²) < 4.78 is 33.8. The van der Waals surface area contributed by atoms with Gasteiger partial charge in [-0.3, -0.25) is 9.80 Å². The maximum absolute atomic E-state index is 14.2. The Morgan fingerprint density at radius 2 is 1.72 bits per heavy atom. The van der Waals surface area contributed by atoms with Gasteiger partial charge in [-0.15, -0.1) is 0 Å². The normalized spacial score (nSPS) is 22.7. The molecule has 1 unspecified atom stereocenters. The molecule has 1 fully saturated rings. The highest BCUT2D eigenvalue weighted by Crippen LogP contribution is 2.38. The number of aliphatic hydroxyl groups is 1. The number of fused-ring (bicyclic) bond motifs is 1. The van der Waals surface area contributed by atoms with E-state index in [-0.39, 0.29) is 43.2 Å². The molecule has 6 nitrogen and oxygen atoms in total. The van der Waals surface area contributed by atoms with E-state index in [2.05, 4.69) is 5.10 Å². The maximum atomic E-state index is 14.2. The number of carbonyl (C=O) groups is 1. The van der Waals surface area contributed by atoms with Crippen molar-refractivity contribution in [1.29, 1.82) is 0 Å². The molecule has 0 spiro atoms. The van der Waals surface area contributed by atoms with Crippen molar-refractivity contribution in [3.8, 4) is 0 Å². The molecule has 0 saturated carbocycles. The van der Waals surface area contributed by atoms with Crippen molar-refractivity contribution in [1.82, 2.24) is 9.91 Å². The van der Waals surface area contributed by atoms with Crippen molar-refractivity contribution >= 4 is 12.1 Å². The summed E-state index contributed by atoms with van der Waals surface area (Å²) in [5.41, 5.74) is 1.25. The van der Waals surface area contributed by atoms with E-state index in [1.807, 2.05) is 13.8 Å². The van der Waals surface area contributed by atoms with Crippen LogP contribution in [-0.2, 0) is 9.53 Å². The van der Waals surface area contributed by atoms with Gasteiger partial charge in [-0.25, -0.2) is 8.78 Å². The zero-order valence-corrected chi connectivity index (χ0v) is 17.9. The third-order valence-corrected chi connectivity index (χ3v) is 5.72. The van der Waals surface area contributed by atoms with Gasteiger partial charge >= 0.3 is 0 Å². The summed E-state index contributed by atoms with van der Waals surface area (Å²) in [6, 6.07) is 11.6. The number of benzene rings is 2. The van der Waals surface area contributed by atoms with Gasteiger partial charge in [-0.2, -0.15) is 5.10 Å². The highest BCUT2D eigenvalue weighted by Gasteiger charge is 2.44. The fourth-order valence-corrected chi connectivity index (χ4v) is 4.29. The minimum atomic E-state index is -0.531. The Morgan fingerprint density at radius 3 is 2.28 bits per heavy atom. The van der Waals surface area contributed by atoms with Crippen molar-refractivity contribution in [2.75, 3.05) is 19.8 Å². The average Bonchev–Trinajstić information content (AvgIpc) is 2.73. The van der Waals surface area contributed by atoms with Crippen LogP contribution in [0.3, 0.4) is 0 Å². The van der Waals surface area contributed by atoms with E-state index in [4.69, 9.17) is 4.74 Å². The second kappa shape index (κ2) is 9.08. The van der Waals surface area contributed by atoms with Gasteiger partial charge in [0.15, 0.2) is 5.70 Å². The molecule has 1 N–H and O–H groups in total. The molecule has 2 aromatic carbocycles. The van der Waals surface area contributed by atoms with Crippen molar-refractivity contribution in [3.63, 3.8) is 0 Å². The highest BCUT2D eigenvalue weighted by molar-refractivity contribution is 5.94. The molecule has 2 aliphatic rings. The van der Waals surface area contributed by atoms with E-state index in [1.54, 1.807) is 29.2 Å². The number of halogens is 2. The first-order chi connectivity index (χ1) is 15.4. The molecular weight excluding hydrogens is 416 g/mol. The largest absolute Gasteiger partial charge is 0.507 e. The molecule has 8 heteroatoms.